The number of hydrogen-bond donors (Lipinski definition) is 0. The van der Waals surface area contributed by atoms with Crippen LogP contribution in [-0.2, 0) is 11.3 Å². The second-order valence-corrected chi connectivity index (χ2v) is 5.35. The van der Waals surface area contributed by atoms with Crippen molar-refractivity contribution in [3.8, 4) is 5.75 Å². The quantitative estimate of drug-likeness (QED) is 0.516. The molecule has 3 aromatic rings. The summed E-state index contributed by atoms with van der Waals surface area (Å²) in [4.78, 5) is 24.0. The fourth-order valence-electron chi connectivity index (χ4n) is 2.59. The molecular formula is C17H17N3O5. The normalized spacial score (nSPS) is 10.8. The minimum absolute atomic E-state index is 0.171. The van der Waals surface area contributed by atoms with E-state index in [0.29, 0.717) is 28.0 Å². The fourth-order valence-corrected chi connectivity index (χ4v) is 2.59. The van der Waals surface area contributed by atoms with Crippen LogP contribution in [0.1, 0.15) is 28.7 Å². The van der Waals surface area contributed by atoms with Crippen molar-refractivity contribution in [3.05, 3.63) is 51.6 Å². The van der Waals surface area contributed by atoms with Crippen molar-refractivity contribution in [2.24, 2.45) is 0 Å². The molecule has 0 atom stereocenters. The number of methoxy groups -OCH3 is 1. The van der Waals surface area contributed by atoms with Gasteiger partial charge in [-0.3, -0.25) is 0 Å². The maximum Gasteiger partial charge on any atom is 0.358 e. The van der Waals surface area contributed by atoms with E-state index in [2.05, 4.69) is 10.3 Å². The van der Waals surface area contributed by atoms with Gasteiger partial charge in [-0.15, -0.1) is 5.10 Å². The summed E-state index contributed by atoms with van der Waals surface area (Å²) in [6.45, 7) is 3.82. The molecule has 8 heteroatoms. The lowest BCUT2D eigenvalue weighted by atomic mass is 10.1. The first-order chi connectivity index (χ1) is 12.0. The topological polar surface area (TPSA) is 96.5 Å². The van der Waals surface area contributed by atoms with Crippen LogP contribution in [0.25, 0.3) is 11.0 Å². The highest BCUT2D eigenvalue weighted by atomic mass is 16.5. The van der Waals surface area contributed by atoms with Crippen LogP contribution in [0.2, 0.25) is 0 Å². The summed E-state index contributed by atoms with van der Waals surface area (Å²) >= 11 is 0. The highest BCUT2D eigenvalue weighted by Crippen LogP contribution is 2.23. The standard InChI is InChI=1S/C17H17N3O5/c1-4-24-17(22)16-10(2)18-19-20(16)9-11-7-15(21)25-14-6-5-12(23-3)8-13(11)14/h5-8H,4,9H2,1-3H3. The van der Waals surface area contributed by atoms with E-state index < -0.39 is 11.6 Å². The summed E-state index contributed by atoms with van der Waals surface area (Å²) in [6.07, 6.45) is 0. The van der Waals surface area contributed by atoms with Gasteiger partial charge in [0.05, 0.1) is 26.0 Å². The van der Waals surface area contributed by atoms with E-state index in [-0.39, 0.29) is 18.8 Å². The van der Waals surface area contributed by atoms with E-state index in [4.69, 9.17) is 13.9 Å². The number of esters is 1. The first kappa shape index (κ1) is 16.7. The molecule has 2 aromatic heterocycles. The summed E-state index contributed by atoms with van der Waals surface area (Å²) in [6, 6.07) is 6.51. The van der Waals surface area contributed by atoms with Crippen molar-refractivity contribution in [1.29, 1.82) is 0 Å². The fraction of sp³-hybridized carbons (Fsp3) is 0.294. The van der Waals surface area contributed by atoms with E-state index in [1.54, 1.807) is 39.2 Å². The molecule has 0 aliphatic heterocycles. The number of benzene rings is 1. The molecule has 0 amide bonds. The van der Waals surface area contributed by atoms with Gasteiger partial charge in [0.2, 0.25) is 0 Å². The number of nitrogens with zero attached hydrogens (tertiary/aromatic N) is 3. The molecule has 2 heterocycles. The van der Waals surface area contributed by atoms with Gasteiger partial charge in [0, 0.05) is 11.5 Å². The Hall–Kier alpha value is -3.16. The van der Waals surface area contributed by atoms with Crippen LogP contribution in [0.15, 0.2) is 33.5 Å². The first-order valence-corrected chi connectivity index (χ1v) is 7.71. The van der Waals surface area contributed by atoms with Gasteiger partial charge in [-0.05, 0) is 37.6 Å². The molecule has 0 saturated heterocycles. The van der Waals surface area contributed by atoms with Gasteiger partial charge < -0.3 is 13.9 Å². The number of carbonyl (C=O) groups excluding carboxylic acids is 1. The molecule has 1 aromatic carbocycles. The van der Waals surface area contributed by atoms with Crippen molar-refractivity contribution < 1.29 is 18.7 Å². The van der Waals surface area contributed by atoms with Crippen molar-refractivity contribution in [3.63, 3.8) is 0 Å². The van der Waals surface area contributed by atoms with Crippen LogP contribution in [0.4, 0.5) is 0 Å². The molecule has 0 aliphatic carbocycles. The smallest absolute Gasteiger partial charge is 0.358 e. The Morgan fingerprint density at radius 2 is 2.12 bits per heavy atom. The van der Waals surface area contributed by atoms with Gasteiger partial charge in [0.15, 0.2) is 5.69 Å². The molecule has 8 nitrogen and oxygen atoms in total. The Morgan fingerprint density at radius 3 is 2.84 bits per heavy atom. The number of rotatable bonds is 5. The van der Waals surface area contributed by atoms with E-state index in [1.807, 2.05) is 0 Å². The van der Waals surface area contributed by atoms with Crippen molar-refractivity contribution >= 4 is 16.9 Å². The largest absolute Gasteiger partial charge is 0.497 e. The second kappa shape index (κ2) is 6.76. The number of aromatic nitrogens is 3. The average molecular weight is 343 g/mol. The van der Waals surface area contributed by atoms with Crippen LogP contribution >= 0.6 is 0 Å². The molecule has 0 aliphatic rings. The van der Waals surface area contributed by atoms with E-state index in [9.17, 15) is 9.59 Å². The minimum atomic E-state index is -0.505. The number of carbonyl (C=O) groups is 1. The summed E-state index contributed by atoms with van der Waals surface area (Å²) in [5.74, 6) is 0.123. The monoisotopic (exact) mass is 343 g/mol. The van der Waals surface area contributed by atoms with E-state index in [0.717, 1.165) is 0 Å². The third-order valence-electron chi connectivity index (χ3n) is 3.73. The van der Waals surface area contributed by atoms with Crippen LogP contribution in [-0.4, -0.2) is 34.7 Å². The van der Waals surface area contributed by atoms with Crippen molar-refractivity contribution in [2.45, 2.75) is 20.4 Å². The highest BCUT2D eigenvalue weighted by molar-refractivity contribution is 5.88. The zero-order valence-electron chi connectivity index (χ0n) is 14.1. The summed E-state index contributed by atoms with van der Waals surface area (Å²) < 4.78 is 16.9. The third kappa shape index (κ3) is 3.23. The van der Waals surface area contributed by atoms with Crippen LogP contribution in [0.5, 0.6) is 5.75 Å². The number of ether oxygens (including phenoxy) is 2. The molecule has 25 heavy (non-hydrogen) atoms. The zero-order chi connectivity index (χ0) is 18.0. The molecule has 0 saturated carbocycles. The number of aryl methyl sites for hydroxylation is 1. The Kier molecular flexibility index (Phi) is 4.51. The van der Waals surface area contributed by atoms with E-state index in [1.165, 1.54) is 10.7 Å². The van der Waals surface area contributed by atoms with Crippen molar-refractivity contribution in [1.82, 2.24) is 15.0 Å². The molecule has 0 fully saturated rings. The van der Waals surface area contributed by atoms with Crippen molar-refractivity contribution in [2.75, 3.05) is 13.7 Å². The first-order valence-electron chi connectivity index (χ1n) is 7.71. The predicted molar refractivity (Wildman–Crippen MR) is 88.9 cm³/mol. The maximum atomic E-state index is 12.1. The average Bonchev–Trinajstić information content (AvgIpc) is 2.95. The predicted octanol–water partition coefficient (Wildman–Crippen LogP) is 1.93. The molecule has 0 bridgehead atoms. The lowest BCUT2D eigenvalue weighted by molar-refractivity contribution is 0.0511. The molecular weight excluding hydrogens is 326 g/mol. The molecule has 0 unspecified atom stereocenters. The Balaban J connectivity index is 2.10. The van der Waals surface area contributed by atoms with Gasteiger partial charge in [-0.2, -0.15) is 0 Å². The maximum absolute atomic E-state index is 12.1. The van der Waals surface area contributed by atoms with Crippen LogP contribution in [0, 0.1) is 6.92 Å². The Labute approximate surface area is 143 Å². The SMILES string of the molecule is CCOC(=O)c1c(C)nnn1Cc1cc(=O)oc2ccc(OC)cc12. The molecule has 0 N–H and O–H groups in total. The zero-order valence-corrected chi connectivity index (χ0v) is 14.1. The highest BCUT2D eigenvalue weighted by Gasteiger charge is 2.20. The molecule has 3 rings (SSSR count). The third-order valence-corrected chi connectivity index (χ3v) is 3.73. The second-order valence-electron chi connectivity index (χ2n) is 5.35. The van der Waals surface area contributed by atoms with Gasteiger partial charge in [-0.1, -0.05) is 5.21 Å². The van der Waals surface area contributed by atoms with Crippen LogP contribution in [0.3, 0.4) is 0 Å². The number of fused-ring (bicyclic) bond motifs is 1. The van der Waals surface area contributed by atoms with Gasteiger partial charge in [-0.25, -0.2) is 14.3 Å². The number of hydrogen-bond acceptors (Lipinski definition) is 7. The Morgan fingerprint density at radius 1 is 1.32 bits per heavy atom. The van der Waals surface area contributed by atoms with Crippen LogP contribution < -0.4 is 10.4 Å². The van der Waals surface area contributed by atoms with Gasteiger partial charge in [0.1, 0.15) is 11.3 Å². The molecule has 0 spiro atoms. The molecule has 0 radical (unpaired) electrons. The summed E-state index contributed by atoms with van der Waals surface area (Å²) in [5.41, 5.74) is 1.30. The van der Waals surface area contributed by atoms with Gasteiger partial charge in [0.25, 0.3) is 0 Å². The minimum Gasteiger partial charge on any atom is -0.497 e. The summed E-state index contributed by atoms with van der Waals surface area (Å²) in [7, 11) is 1.56. The summed E-state index contributed by atoms with van der Waals surface area (Å²) in [5, 5.41) is 8.63. The molecule has 130 valence electrons. The van der Waals surface area contributed by atoms with E-state index >= 15 is 0 Å². The van der Waals surface area contributed by atoms with Gasteiger partial charge >= 0.3 is 11.6 Å². The Bertz CT molecular complexity index is 990. The lowest BCUT2D eigenvalue weighted by Gasteiger charge is -2.09. The lowest BCUT2D eigenvalue weighted by Crippen LogP contribution is -2.16.